The van der Waals surface area contributed by atoms with Gasteiger partial charge in [0.15, 0.2) is 0 Å². The molecule has 0 aromatic rings. The number of hydrogen-bond acceptors (Lipinski definition) is 4. The fraction of sp³-hybridized carbons (Fsp3) is 1.00. The summed E-state index contributed by atoms with van der Waals surface area (Å²) in [5.41, 5.74) is 0.0824. The van der Waals surface area contributed by atoms with Crippen LogP contribution in [0.4, 0.5) is 0 Å². The predicted molar refractivity (Wildman–Crippen MR) is 75.0 cm³/mol. The van der Waals surface area contributed by atoms with Gasteiger partial charge in [0.05, 0.1) is 11.7 Å². The van der Waals surface area contributed by atoms with Gasteiger partial charge in [0, 0.05) is 26.1 Å². The van der Waals surface area contributed by atoms with Crippen LogP contribution in [-0.2, 0) is 9.47 Å². The molecule has 2 heterocycles. The van der Waals surface area contributed by atoms with Crippen molar-refractivity contribution in [2.45, 2.75) is 44.3 Å². The summed E-state index contributed by atoms with van der Waals surface area (Å²) in [6.45, 7) is 3.70. The van der Waals surface area contributed by atoms with Crippen molar-refractivity contribution in [3.05, 3.63) is 0 Å². The first-order valence-corrected chi connectivity index (χ1v) is 8.19. The molecule has 1 N–H and O–H groups in total. The SMILES string of the molecule is COCC(C)CC(O)C1CCOC2(CCSC2)C1. The lowest BCUT2D eigenvalue weighted by Gasteiger charge is -2.40. The molecule has 0 aliphatic carbocycles. The van der Waals surface area contributed by atoms with Crippen molar-refractivity contribution in [2.24, 2.45) is 11.8 Å². The zero-order valence-corrected chi connectivity index (χ0v) is 12.4. The number of ether oxygens (including phenoxy) is 2. The van der Waals surface area contributed by atoms with Gasteiger partial charge in [-0.1, -0.05) is 6.92 Å². The Morgan fingerprint density at radius 3 is 3.06 bits per heavy atom. The summed E-state index contributed by atoms with van der Waals surface area (Å²) >= 11 is 1.99. The molecule has 2 saturated heterocycles. The molecule has 0 aromatic carbocycles. The molecule has 4 atom stereocenters. The van der Waals surface area contributed by atoms with E-state index in [1.54, 1.807) is 7.11 Å². The highest BCUT2D eigenvalue weighted by Crippen LogP contribution is 2.41. The van der Waals surface area contributed by atoms with Gasteiger partial charge in [-0.3, -0.25) is 0 Å². The third-order valence-corrected chi connectivity index (χ3v) is 5.46. The van der Waals surface area contributed by atoms with E-state index < -0.39 is 0 Å². The molecule has 0 aromatic heterocycles. The van der Waals surface area contributed by atoms with Gasteiger partial charge in [0.2, 0.25) is 0 Å². The highest BCUT2D eigenvalue weighted by molar-refractivity contribution is 7.99. The minimum absolute atomic E-state index is 0.0824. The lowest BCUT2D eigenvalue weighted by molar-refractivity contribution is -0.104. The minimum atomic E-state index is -0.193. The van der Waals surface area contributed by atoms with Crippen molar-refractivity contribution >= 4 is 11.8 Å². The number of aliphatic hydroxyl groups is 1. The number of thioether (sulfide) groups is 1. The third-order valence-electron chi connectivity index (χ3n) is 4.24. The topological polar surface area (TPSA) is 38.7 Å². The number of rotatable bonds is 5. The zero-order chi connectivity index (χ0) is 13.0. The molecule has 0 amide bonds. The lowest BCUT2D eigenvalue weighted by atomic mass is 9.80. The monoisotopic (exact) mass is 274 g/mol. The van der Waals surface area contributed by atoms with Gasteiger partial charge in [-0.15, -0.1) is 0 Å². The summed E-state index contributed by atoms with van der Waals surface area (Å²) in [5.74, 6) is 3.17. The van der Waals surface area contributed by atoms with Crippen LogP contribution >= 0.6 is 11.8 Å². The van der Waals surface area contributed by atoms with Crippen molar-refractivity contribution in [3.8, 4) is 0 Å². The van der Waals surface area contributed by atoms with Crippen LogP contribution in [0.3, 0.4) is 0 Å². The van der Waals surface area contributed by atoms with Gasteiger partial charge in [-0.05, 0) is 43.3 Å². The second-order valence-corrected chi connectivity index (χ2v) is 7.06. The van der Waals surface area contributed by atoms with Crippen LogP contribution in [0.15, 0.2) is 0 Å². The third kappa shape index (κ3) is 3.62. The first-order chi connectivity index (χ1) is 8.65. The van der Waals surface area contributed by atoms with Crippen LogP contribution in [-0.4, -0.2) is 48.6 Å². The summed E-state index contributed by atoms with van der Waals surface area (Å²) in [6.07, 6.45) is 3.87. The van der Waals surface area contributed by atoms with E-state index in [9.17, 15) is 5.11 Å². The maximum Gasteiger partial charge on any atom is 0.0783 e. The van der Waals surface area contributed by atoms with E-state index >= 15 is 0 Å². The Kier molecular flexibility index (Phi) is 5.36. The maximum absolute atomic E-state index is 10.4. The molecule has 1 spiro atoms. The Labute approximate surface area is 115 Å². The van der Waals surface area contributed by atoms with Gasteiger partial charge in [-0.2, -0.15) is 11.8 Å². The average Bonchev–Trinajstić information content (AvgIpc) is 2.77. The van der Waals surface area contributed by atoms with Crippen molar-refractivity contribution in [1.29, 1.82) is 0 Å². The Morgan fingerprint density at radius 1 is 1.56 bits per heavy atom. The average molecular weight is 274 g/mol. The van der Waals surface area contributed by atoms with Crippen molar-refractivity contribution < 1.29 is 14.6 Å². The normalized spacial score (nSPS) is 35.8. The van der Waals surface area contributed by atoms with Gasteiger partial charge in [-0.25, -0.2) is 0 Å². The number of hydrogen-bond donors (Lipinski definition) is 1. The molecule has 0 radical (unpaired) electrons. The molecule has 0 saturated carbocycles. The highest BCUT2D eigenvalue weighted by atomic mass is 32.2. The molecule has 2 aliphatic heterocycles. The van der Waals surface area contributed by atoms with E-state index in [4.69, 9.17) is 9.47 Å². The molecule has 4 unspecified atom stereocenters. The minimum Gasteiger partial charge on any atom is -0.393 e. The second-order valence-electron chi connectivity index (χ2n) is 5.95. The fourth-order valence-electron chi connectivity index (χ4n) is 3.21. The van der Waals surface area contributed by atoms with Crippen LogP contribution in [0.5, 0.6) is 0 Å². The van der Waals surface area contributed by atoms with E-state index in [0.29, 0.717) is 11.8 Å². The highest BCUT2D eigenvalue weighted by Gasteiger charge is 2.42. The molecule has 18 heavy (non-hydrogen) atoms. The molecule has 4 heteroatoms. The first kappa shape index (κ1) is 14.6. The van der Waals surface area contributed by atoms with E-state index in [-0.39, 0.29) is 11.7 Å². The van der Waals surface area contributed by atoms with Crippen molar-refractivity contribution in [3.63, 3.8) is 0 Å². The van der Waals surface area contributed by atoms with Crippen LogP contribution in [0, 0.1) is 11.8 Å². The van der Waals surface area contributed by atoms with Gasteiger partial charge < -0.3 is 14.6 Å². The van der Waals surface area contributed by atoms with Gasteiger partial charge in [0.1, 0.15) is 0 Å². The Morgan fingerprint density at radius 2 is 2.39 bits per heavy atom. The summed E-state index contributed by atoms with van der Waals surface area (Å²) in [7, 11) is 1.72. The van der Waals surface area contributed by atoms with E-state index in [0.717, 1.165) is 44.6 Å². The van der Waals surface area contributed by atoms with Gasteiger partial charge in [0.25, 0.3) is 0 Å². The second kappa shape index (κ2) is 6.60. The Bertz CT molecular complexity index is 253. The molecular weight excluding hydrogens is 248 g/mol. The zero-order valence-electron chi connectivity index (χ0n) is 11.6. The summed E-state index contributed by atoms with van der Waals surface area (Å²) in [4.78, 5) is 0. The summed E-state index contributed by atoms with van der Waals surface area (Å²) in [6, 6.07) is 0. The van der Waals surface area contributed by atoms with E-state index in [2.05, 4.69) is 6.92 Å². The van der Waals surface area contributed by atoms with E-state index in [1.807, 2.05) is 11.8 Å². The maximum atomic E-state index is 10.4. The van der Waals surface area contributed by atoms with Crippen LogP contribution < -0.4 is 0 Å². The molecule has 106 valence electrons. The molecule has 2 aliphatic rings. The van der Waals surface area contributed by atoms with Crippen LogP contribution in [0.2, 0.25) is 0 Å². The predicted octanol–water partition coefficient (Wildman–Crippen LogP) is 2.32. The van der Waals surface area contributed by atoms with Crippen molar-refractivity contribution in [2.75, 3.05) is 31.8 Å². The van der Waals surface area contributed by atoms with Crippen molar-refractivity contribution in [1.82, 2.24) is 0 Å². The Balaban J connectivity index is 1.84. The summed E-state index contributed by atoms with van der Waals surface area (Å²) < 4.78 is 11.1. The smallest absolute Gasteiger partial charge is 0.0783 e. The molecule has 3 nitrogen and oxygen atoms in total. The lowest BCUT2D eigenvalue weighted by Crippen LogP contribution is -2.43. The number of methoxy groups -OCH3 is 1. The molecule has 2 rings (SSSR count). The van der Waals surface area contributed by atoms with E-state index in [1.165, 1.54) is 5.75 Å². The summed E-state index contributed by atoms with van der Waals surface area (Å²) in [5, 5.41) is 10.4. The van der Waals surface area contributed by atoms with Crippen LogP contribution in [0.1, 0.15) is 32.6 Å². The van der Waals surface area contributed by atoms with Gasteiger partial charge >= 0.3 is 0 Å². The fourth-order valence-corrected chi connectivity index (χ4v) is 4.59. The largest absolute Gasteiger partial charge is 0.393 e. The molecular formula is C14H26O3S. The number of aliphatic hydroxyl groups excluding tert-OH is 1. The first-order valence-electron chi connectivity index (χ1n) is 7.04. The molecule has 0 bridgehead atoms. The quantitative estimate of drug-likeness (QED) is 0.835. The van der Waals surface area contributed by atoms with Crippen LogP contribution in [0.25, 0.3) is 0 Å². The molecule has 2 fully saturated rings. The standard InChI is InChI=1S/C14H26O3S/c1-11(9-16-2)7-13(15)12-3-5-17-14(8-12)4-6-18-10-14/h11-13,15H,3-10H2,1-2H3. The Hall–Kier alpha value is 0.230.